The molecule has 1 aromatic rings. The number of methoxy groups -OCH3 is 1. The number of aliphatic hydroxyl groups is 1. The van der Waals surface area contributed by atoms with Crippen molar-refractivity contribution in [2.75, 3.05) is 31.6 Å². The number of amides is 3. The molecule has 130 valence electrons. The molecule has 2 aliphatic heterocycles. The van der Waals surface area contributed by atoms with Crippen molar-refractivity contribution in [3.63, 3.8) is 0 Å². The molecule has 3 rings (SSSR count). The maximum absolute atomic E-state index is 12.3. The molecule has 0 bridgehead atoms. The molecule has 2 N–H and O–H groups in total. The highest BCUT2D eigenvalue weighted by Gasteiger charge is 2.33. The topological polar surface area (TPSA) is 82.1 Å². The van der Waals surface area contributed by atoms with E-state index in [4.69, 9.17) is 4.74 Å². The molecule has 0 unspecified atom stereocenters. The van der Waals surface area contributed by atoms with Crippen LogP contribution in [0.3, 0.4) is 0 Å². The number of hydrogen-bond acceptors (Lipinski definition) is 4. The Bertz CT molecular complexity index is 614. The fraction of sp³-hybridized carbons (Fsp3) is 0.529. The summed E-state index contributed by atoms with van der Waals surface area (Å²) in [5.74, 6) is 0.683. The average Bonchev–Trinajstić information content (AvgIpc) is 2.95. The van der Waals surface area contributed by atoms with Crippen LogP contribution >= 0.6 is 0 Å². The van der Waals surface area contributed by atoms with Crippen LogP contribution in [0, 0.1) is 0 Å². The Balaban J connectivity index is 1.59. The Kier molecular flexibility index (Phi) is 4.89. The van der Waals surface area contributed by atoms with Gasteiger partial charge < -0.3 is 25.0 Å². The van der Waals surface area contributed by atoms with E-state index in [1.165, 1.54) is 0 Å². The molecule has 0 radical (unpaired) electrons. The van der Waals surface area contributed by atoms with Gasteiger partial charge in [-0.3, -0.25) is 4.79 Å². The van der Waals surface area contributed by atoms with Gasteiger partial charge in [0.05, 0.1) is 19.3 Å². The molecule has 3 amide bonds. The summed E-state index contributed by atoms with van der Waals surface area (Å²) in [4.78, 5) is 27.9. The number of likely N-dealkylation sites (tertiary alicyclic amines) is 1. The number of urea groups is 1. The number of hydrogen-bond donors (Lipinski definition) is 2. The van der Waals surface area contributed by atoms with E-state index in [1.54, 1.807) is 16.9 Å². The number of nitrogens with one attached hydrogen (secondary N) is 1. The number of anilines is 1. The number of aliphatic hydroxyl groups excluding tert-OH is 1. The van der Waals surface area contributed by atoms with Gasteiger partial charge in [-0.1, -0.05) is 6.07 Å². The normalized spacial score (nSPS) is 21.9. The van der Waals surface area contributed by atoms with Crippen molar-refractivity contribution < 1.29 is 19.4 Å². The lowest BCUT2D eigenvalue weighted by atomic mass is 10.1. The van der Waals surface area contributed by atoms with E-state index >= 15 is 0 Å². The zero-order valence-electron chi connectivity index (χ0n) is 13.8. The lowest BCUT2D eigenvalue weighted by molar-refractivity contribution is -0.117. The maximum Gasteiger partial charge on any atom is 0.317 e. The van der Waals surface area contributed by atoms with Gasteiger partial charge in [0.15, 0.2) is 0 Å². The summed E-state index contributed by atoms with van der Waals surface area (Å²) < 4.78 is 5.19. The Hall–Kier alpha value is -2.28. The van der Waals surface area contributed by atoms with Gasteiger partial charge in [0.1, 0.15) is 5.75 Å². The van der Waals surface area contributed by atoms with Gasteiger partial charge >= 0.3 is 6.03 Å². The van der Waals surface area contributed by atoms with Crippen molar-refractivity contribution in [1.29, 1.82) is 0 Å². The third kappa shape index (κ3) is 3.62. The number of rotatable bonds is 3. The van der Waals surface area contributed by atoms with Crippen molar-refractivity contribution in [3.8, 4) is 5.75 Å². The van der Waals surface area contributed by atoms with Gasteiger partial charge in [-0.25, -0.2) is 4.79 Å². The minimum atomic E-state index is -0.314. The summed E-state index contributed by atoms with van der Waals surface area (Å²) in [6.45, 7) is 1.55. The van der Waals surface area contributed by atoms with Gasteiger partial charge in [-0.05, 0) is 25.0 Å². The summed E-state index contributed by atoms with van der Waals surface area (Å²) in [6, 6.07) is 6.97. The summed E-state index contributed by atoms with van der Waals surface area (Å²) in [5, 5.41) is 12.4. The minimum absolute atomic E-state index is 0.0115. The smallest absolute Gasteiger partial charge is 0.317 e. The number of ether oxygens (including phenoxy) is 1. The molecule has 2 heterocycles. The number of nitrogens with zero attached hydrogens (tertiary/aromatic N) is 2. The molecule has 0 saturated carbocycles. The van der Waals surface area contributed by atoms with Crippen molar-refractivity contribution >= 4 is 17.6 Å². The highest BCUT2D eigenvalue weighted by Crippen LogP contribution is 2.25. The van der Waals surface area contributed by atoms with Crippen LogP contribution in [0.2, 0.25) is 0 Å². The second kappa shape index (κ2) is 7.09. The zero-order chi connectivity index (χ0) is 17.1. The Morgan fingerprint density at radius 1 is 1.33 bits per heavy atom. The van der Waals surface area contributed by atoms with E-state index < -0.39 is 0 Å². The monoisotopic (exact) mass is 333 g/mol. The van der Waals surface area contributed by atoms with Crippen molar-refractivity contribution in [2.24, 2.45) is 0 Å². The molecule has 0 spiro atoms. The van der Waals surface area contributed by atoms with Crippen LogP contribution in [0.5, 0.6) is 5.75 Å². The number of carbonyl (C=O) groups excluding carboxylic acids is 2. The van der Waals surface area contributed by atoms with E-state index in [0.717, 1.165) is 5.69 Å². The standard InChI is InChI=1S/C17H23N3O4/c1-24-15-4-2-3-13(10-15)20-11-12(9-16(20)22)18-17(23)19-7-5-14(21)6-8-19/h2-4,10,12,14,21H,5-9,11H2,1H3,(H,18,23)/t12-/m0/s1. The first-order chi connectivity index (χ1) is 11.6. The van der Waals surface area contributed by atoms with Crippen LogP contribution in [0.4, 0.5) is 10.5 Å². The largest absolute Gasteiger partial charge is 0.497 e. The Labute approximate surface area is 141 Å². The Morgan fingerprint density at radius 2 is 2.08 bits per heavy atom. The maximum atomic E-state index is 12.3. The van der Waals surface area contributed by atoms with E-state index in [-0.39, 0.29) is 24.1 Å². The number of benzene rings is 1. The van der Waals surface area contributed by atoms with Crippen LogP contribution in [-0.2, 0) is 4.79 Å². The Morgan fingerprint density at radius 3 is 2.79 bits per heavy atom. The molecular formula is C17H23N3O4. The third-order valence-electron chi connectivity index (χ3n) is 4.57. The second-order valence-electron chi connectivity index (χ2n) is 6.27. The summed E-state index contributed by atoms with van der Waals surface area (Å²) in [7, 11) is 1.59. The quantitative estimate of drug-likeness (QED) is 0.863. The predicted molar refractivity (Wildman–Crippen MR) is 89.1 cm³/mol. The van der Waals surface area contributed by atoms with Crippen LogP contribution in [0.25, 0.3) is 0 Å². The molecule has 2 aliphatic rings. The molecule has 0 aromatic heterocycles. The first kappa shape index (κ1) is 16.6. The van der Waals surface area contributed by atoms with Crippen LogP contribution < -0.4 is 15.0 Å². The fourth-order valence-corrected chi connectivity index (χ4v) is 3.17. The molecule has 24 heavy (non-hydrogen) atoms. The first-order valence-corrected chi connectivity index (χ1v) is 8.24. The molecule has 2 saturated heterocycles. The zero-order valence-corrected chi connectivity index (χ0v) is 13.8. The van der Waals surface area contributed by atoms with Gasteiger partial charge in [-0.2, -0.15) is 0 Å². The van der Waals surface area contributed by atoms with Crippen molar-refractivity contribution in [1.82, 2.24) is 10.2 Å². The van der Waals surface area contributed by atoms with E-state index in [9.17, 15) is 14.7 Å². The van der Waals surface area contributed by atoms with Gasteiger partial charge in [0, 0.05) is 37.8 Å². The molecule has 1 atom stereocenters. The van der Waals surface area contributed by atoms with Gasteiger partial charge in [-0.15, -0.1) is 0 Å². The summed E-state index contributed by atoms with van der Waals surface area (Å²) in [5.41, 5.74) is 0.775. The molecule has 2 fully saturated rings. The lowest BCUT2D eigenvalue weighted by Gasteiger charge is -2.30. The third-order valence-corrected chi connectivity index (χ3v) is 4.57. The van der Waals surface area contributed by atoms with Gasteiger partial charge in [0.25, 0.3) is 0 Å². The lowest BCUT2D eigenvalue weighted by Crippen LogP contribution is -2.49. The van der Waals surface area contributed by atoms with Crippen LogP contribution in [0.1, 0.15) is 19.3 Å². The van der Waals surface area contributed by atoms with Crippen molar-refractivity contribution in [2.45, 2.75) is 31.4 Å². The minimum Gasteiger partial charge on any atom is -0.497 e. The van der Waals surface area contributed by atoms with E-state index in [1.807, 2.05) is 24.3 Å². The fourth-order valence-electron chi connectivity index (χ4n) is 3.17. The van der Waals surface area contributed by atoms with Crippen molar-refractivity contribution in [3.05, 3.63) is 24.3 Å². The number of carbonyl (C=O) groups is 2. The van der Waals surface area contributed by atoms with E-state index in [2.05, 4.69) is 5.32 Å². The molecule has 0 aliphatic carbocycles. The molecule has 1 aromatic carbocycles. The van der Waals surface area contributed by atoms with Crippen LogP contribution in [-0.4, -0.2) is 60.8 Å². The SMILES string of the molecule is COc1cccc(N2C[C@@H](NC(=O)N3CCC(O)CC3)CC2=O)c1. The van der Waals surface area contributed by atoms with E-state index in [0.29, 0.717) is 44.6 Å². The highest BCUT2D eigenvalue weighted by molar-refractivity contribution is 5.97. The van der Waals surface area contributed by atoms with Crippen LogP contribution in [0.15, 0.2) is 24.3 Å². The first-order valence-electron chi connectivity index (χ1n) is 8.24. The highest BCUT2D eigenvalue weighted by atomic mass is 16.5. The molecule has 7 nitrogen and oxygen atoms in total. The predicted octanol–water partition coefficient (Wildman–Crippen LogP) is 0.967. The second-order valence-corrected chi connectivity index (χ2v) is 6.27. The average molecular weight is 333 g/mol. The molecule has 7 heteroatoms. The number of piperidine rings is 1. The molecular weight excluding hydrogens is 310 g/mol. The summed E-state index contributed by atoms with van der Waals surface area (Å²) >= 11 is 0. The summed E-state index contributed by atoms with van der Waals surface area (Å²) in [6.07, 6.45) is 1.19. The van der Waals surface area contributed by atoms with Gasteiger partial charge in [0.2, 0.25) is 5.91 Å².